The summed E-state index contributed by atoms with van der Waals surface area (Å²) in [6.45, 7) is 0.756. The predicted molar refractivity (Wildman–Crippen MR) is 73.6 cm³/mol. The van der Waals surface area contributed by atoms with Gasteiger partial charge in [0.1, 0.15) is 11.5 Å². The van der Waals surface area contributed by atoms with Crippen LogP contribution >= 0.6 is 0 Å². The highest BCUT2D eigenvalue weighted by Gasteiger charge is 2.12. The van der Waals surface area contributed by atoms with E-state index >= 15 is 0 Å². The SMILES string of the molecule is CN(C)Cc1cccc(-c2ccc(F)c(N)c2F)c1. The Morgan fingerprint density at radius 1 is 1.11 bits per heavy atom. The van der Waals surface area contributed by atoms with Crippen LogP contribution in [0.15, 0.2) is 36.4 Å². The Balaban J connectivity index is 2.45. The van der Waals surface area contributed by atoms with Gasteiger partial charge in [-0.1, -0.05) is 18.2 Å². The van der Waals surface area contributed by atoms with Crippen molar-refractivity contribution in [3.8, 4) is 11.1 Å². The number of nitrogen functional groups attached to an aromatic ring is 1. The number of nitrogens with two attached hydrogens (primary N) is 1. The molecular weight excluding hydrogens is 246 g/mol. The second-order valence-electron chi connectivity index (χ2n) is 4.76. The third-order valence-electron chi connectivity index (χ3n) is 2.86. The summed E-state index contributed by atoms with van der Waals surface area (Å²) < 4.78 is 27.1. The summed E-state index contributed by atoms with van der Waals surface area (Å²) in [5, 5.41) is 0. The van der Waals surface area contributed by atoms with E-state index in [2.05, 4.69) is 0 Å². The maximum absolute atomic E-state index is 14.0. The molecule has 0 fully saturated rings. The largest absolute Gasteiger partial charge is 0.394 e. The van der Waals surface area contributed by atoms with E-state index < -0.39 is 17.3 Å². The van der Waals surface area contributed by atoms with Crippen LogP contribution in [0.3, 0.4) is 0 Å². The lowest BCUT2D eigenvalue weighted by Crippen LogP contribution is -2.10. The molecule has 0 radical (unpaired) electrons. The van der Waals surface area contributed by atoms with Gasteiger partial charge in [0.2, 0.25) is 0 Å². The first-order chi connectivity index (χ1) is 8.99. The highest BCUT2D eigenvalue weighted by Crippen LogP contribution is 2.28. The third kappa shape index (κ3) is 2.90. The van der Waals surface area contributed by atoms with Crippen molar-refractivity contribution in [3.63, 3.8) is 0 Å². The Hall–Kier alpha value is -1.94. The van der Waals surface area contributed by atoms with E-state index in [1.165, 1.54) is 12.1 Å². The molecule has 0 unspecified atom stereocenters. The zero-order valence-electron chi connectivity index (χ0n) is 11.0. The van der Waals surface area contributed by atoms with Crippen molar-refractivity contribution < 1.29 is 8.78 Å². The van der Waals surface area contributed by atoms with Gasteiger partial charge < -0.3 is 10.6 Å². The Kier molecular flexibility index (Phi) is 3.81. The Morgan fingerprint density at radius 2 is 1.84 bits per heavy atom. The van der Waals surface area contributed by atoms with Crippen LogP contribution in [-0.2, 0) is 6.54 Å². The van der Waals surface area contributed by atoms with Crippen molar-refractivity contribution in [2.75, 3.05) is 19.8 Å². The predicted octanol–water partition coefficient (Wildman–Crippen LogP) is 3.28. The van der Waals surface area contributed by atoms with Gasteiger partial charge in [0.05, 0.1) is 0 Å². The summed E-state index contributed by atoms with van der Waals surface area (Å²) in [5.74, 6) is -1.44. The molecule has 4 heteroatoms. The summed E-state index contributed by atoms with van der Waals surface area (Å²) in [7, 11) is 3.92. The van der Waals surface area contributed by atoms with Crippen LogP contribution in [0.1, 0.15) is 5.56 Å². The van der Waals surface area contributed by atoms with E-state index in [0.717, 1.165) is 12.1 Å². The van der Waals surface area contributed by atoms with Gasteiger partial charge in [0, 0.05) is 12.1 Å². The molecule has 0 atom stereocenters. The van der Waals surface area contributed by atoms with Gasteiger partial charge in [0.15, 0.2) is 5.82 Å². The molecular formula is C15H16F2N2. The van der Waals surface area contributed by atoms with Crippen LogP contribution in [0.4, 0.5) is 14.5 Å². The molecule has 0 aliphatic carbocycles. The molecule has 0 heterocycles. The van der Waals surface area contributed by atoms with Crippen LogP contribution in [0.5, 0.6) is 0 Å². The number of rotatable bonds is 3. The molecule has 19 heavy (non-hydrogen) atoms. The second kappa shape index (κ2) is 5.36. The quantitative estimate of drug-likeness (QED) is 0.860. The number of hydrogen-bond donors (Lipinski definition) is 1. The lowest BCUT2D eigenvalue weighted by Gasteiger charge is -2.12. The molecule has 2 rings (SSSR count). The van der Waals surface area contributed by atoms with Crippen molar-refractivity contribution in [1.82, 2.24) is 4.90 Å². The number of nitrogens with zero attached hydrogens (tertiary/aromatic N) is 1. The van der Waals surface area contributed by atoms with Crippen molar-refractivity contribution in [2.45, 2.75) is 6.54 Å². The fourth-order valence-corrected chi connectivity index (χ4v) is 1.99. The van der Waals surface area contributed by atoms with E-state index in [-0.39, 0.29) is 0 Å². The lowest BCUT2D eigenvalue weighted by molar-refractivity contribution is 0.402. The van der Waals surface area contributed by atoms with Crippen molar-refractivity contribution in [3.05, 3.63) is 53.6 Å². The van der Waals surface area contributed by atoms with Crippen molar-refractivity contribution in [2.24, 2.45) is 0 Å². The van der Waals surface area contributed by atoms with Gasteiger partial charge in [-0.25, -0.2) is 8.78 Å². The molecule has 100 valence electrons. The topological polar surface area (TPSA) is 29.3 Å². The molecule has 0 spiro atoms. The zero-order chi connectivity index (χ0) is 14.0. The summed E-state index contributed by atoms with van der Waals surface area (Å²) in [5.41, 5.74) is 7.02. The fourth-order valence-electron chi connectivity index (χ4n) is 1.99. The minimum absolute atomic E-state index is 0.319. The van der Waals surface area contributed by atoms with Gasteiger partial charge in [-0.3, -0.25) is 0 Å². The molecule has 2 nitrogen and oxygen atoms in total. The first-order valence-corrected chi connectivity index (χ1v) is 5.96. The third-order valence-corrected chi connectivity index (χ3v) is 2.86. The first-order valence-electron chi connectivity index (χ1n) is 5.96. The molecule has 0 saturated carbocycles. The molecule has 0 saturated heterocycles. The van der Waals surface area contributed by atoms with E-state index in [1.54, 1.807) is 6.07 Å². The summed E-state index contributed by atoms with van der Waals surface area (Å²) >= 11 is 0. The number of halogens is 2. The van der Waals surface area contributed by atoms with Crippen molar-refractivity contribution in [1.29, 1.82) is 0 Å². The molecule has 2 N–H and O–H groups in total. The first kappa shape index (κ1) is 13.5. The number of anilines is 1. The average molecular weight is 262 g/mol. The van der Waals surface area contributed by atoms with Gasteiger partial charge in [-0.05, 0) is 43.4 Å². The zero-order valence-corrected chi connectivity index (χ0v) is 11.0. The Bertz CT molecular complexity index is 595. The van der Waals surface area contributed by atoms with Crippen LogP contribution in [-0.4, -0.2) is 19.0 Å². The smallest absolute Gasteiger partial charge is 0.156 e. The fraction of sp³-hybridized carbons (Fsp3) is 0.200. The Labute approximate surface area is 111 Å². The maximum atomic E-state index is 14.0. The van der Waals surface area contributed by atoms with Gasteiger partial charge in [-0.2, -0.15) is 0 Å². The van der Waals surface area contributed by atoms with Gasteiger partial charge in [-0.15, -0.1) is 0 Å². The summed E-state index contributed by atoms with van der Waals surface area (Å²) in [6, 6.07) is 10.1. The van der Waals surface area contributed by atoms with E-state index in [0.29, 0.717) is 11.1 Å². The average Bonchev–Trinajstić information content (AvgIpc) is 2.36. The van der Waals surface area contributed by atoms with Crippen LogP contribution in [0.2, 0.25) is 0 Å². The summed E-state index contributed by atoms with van der Waals surface area (Å²) in [4.78, 5) is 2.02. The van der Waals surface area contributed by atoms with Gasteiger partial charge >= 0.3 is 0 Å². The van der Waals surface area contributed by atoms with Crippen LogP contribution in [0.25, 0.3) is 11.1 Å². The molecule has 0 aromatic heterocycles. The minimum Gasteiger partial charge on any atom is -0.394 e. The monoisotopic (exact) mass is 262 g/mol. The number of benzene rings is 2. The van der Waals surface area contributed by atoms with Crippen LogP contribution in [0, 0.1) is 11.6 Å². The molecule has 2 aromatic carbocycles. The molecule has 0 aliphatic rings. The van der Waals surface area contributed by atoms with Gasteiger partial charge in [0.25, 0.3) is 0 Å². The molecule has 2 aromatic rings. The number of hydrogen-bond acceptors (Lipinski definition) is 2. The standard InChI is InChI=1S/C15H16F2N2/c1-19(2)9-10-4-3-5-11(8-10)12-6-7-13(16)15(18)14(12)17/h3-8H,9,18H2,1-2H3. The van der Waals surface area contributed by atoms with E-state index in [1.807, 2.05) is 37.2 Å². The van der Waals surface area contributed by atoms with E-state index in [9.17, 15) is 8.78 Å². The molecule has 0 aliphatic heterocycles. The lowest BCUT2D eigenvalue weighted by atomic mass is 10.0. The summed E-state index contributed by atoms with van der Waals surface area (Å²) in [6.07, 6.45) is 0. The molecule has 0 amide bonds. The minimum atomic E-state index is -0.731. The Morgan fingerprint density at radius 3 is 2.53 bits per heavy atom. The maximum Gasteiger partial charge on any atom is 0.156 e. The highest BCUT2D eigenvalue weighted by molar-refractivity contribution is 5.69. The van der Waals surface area contributed by atoms with E-state index in [4.69, 9.17) is 5.73 Å². The normalized spacial score (nSPS) is 11.0. The van der Waals surface area contributed by atoms with Crippen LogP contribution < -0.4 is 5.73 Å². The highest BCUT2D eigenvalue weighted by atomic mass is 19.1. The van der Waals surface area contributed by atoms with Crippen molar-refractivity contribution >= 4 is 5.69 Å². The molecule has 0 bridgehead atoms. The second-order valence-corrected chi connectivity index (χ2v) is 4.76.